The number of rotatable bonds is 3. The number of hydrogen-bond donors (Lipinski definition) is 3. The van der Waals surface area contributed by atoms with E-state index >= 15 is 0 Å². The van der Waals surface area contributed by atoms with Crippen LogP contribution in [0.4, 0.5) is 23.0 Å². The first-order valence-electron chi connectivity index (χ1n) is 6.49. The zero-order chi connectivity index (χ0) is 16.4. The largest absolute Gasteiger partial charge is 0.508 e. The van der Waals surface area contributed by atoms with Gasteiger partial charge in [0.2, 0.25) is 0 Å². The molecule has 8 nitrogen and oxygen atoms in total. The molecule has 0 atom stereocenters. The van der Waals surface area contributed by atoms with Crippen molar-refractivity contribution in [2.75, 3.05) is 11.5 Å². The number of aromatic hydroxyl groups is 1. The van der Waals surface area contributed by atoms with Crippen molar-refractivity contribution in [3.05, 3.63) is 46.7 Å². The zero-order valence-electron chi connectivity index (χ0n) is 11.7. The van der Waals surface area contributed by atoms with E-state index in [0.29, 0.717) is 10.6 Å². The van der Waals surface area contributed by atoms with Crippen LogP contribution in [0.15, 0.2) is 52.0 Å². The summed E-state index contributed by atoms with van der Waals surface area (Å²) in [6.45, 7) is 0. The number of carbonyl (C=O) groups excluding carboxylic acids is 1. The summed E-state index contributed by atoms with van der Waals surface area (Å²) in [5.74, 6) is -0.231. The molecule has 2 aromatic heterocycles. The minimum atomic E-state index is -0.379. The van der Waals surface area contributed by atoms with Crippen LogP contribution in [-0.4, -0.2) is 20.8 Å². The van der Waals surface area contributed by atoms with Gasteiger partial charge in [-0.25, -0.2) is 0 Å². The molecule has 0 spiro atoms. The summed E-state index contributed by atoms with van der Waals surface area (Å²) < 4.78 is 1.01. The highest BCUT2D eigenvalue weighted by Gasteiger charge is 2.20. The zero-order valence-corrected chi connectivity index (χ0v) is 12.6. The maximum atomic E-state index is 12.3. The molecule has 0 unspecified atom stereocenters. The van der Waals surface area contributed by atoms with E-state index in [2.05, 4.69) is 15.3 Å². The molecule has 3 aromatic rings. The number of thiophene rings is 1. The normalized spacial score (nSPS) is 11.1. The fraction of sp³-hybridized carbons (Fsp3) is 0. The summed E-state index contributed by atoms with van der Waals surface area (Å²) in [4.78, 5) is 12.8. The number of benzene rings is 1. The summed E-state index contributed by atoms with van der Waals surface area (Å²) in [5, 5.41) is 22.8. The van der Waals surface area contributed by atoms with E-state index in [1.54, 1.807) is 29.6 Å². The van der Waals surface area contributed by atoms with Gasteiger partial charge in [-0.2, -0.15) is 9.80 Å². The first-order chi connectivity index (χ1) is 11.1. The van der Waals surface area contributed by atoms with Gasteiger partial charge in [0.05, 0.1) is 10.6 Å². The van der Waals surface area contributed by atoms with Crippen molar-refractivity contribution in [3.8, 4) is 5.75 Å². The molecule has 5 N–H and O–H groups in total. The van der Waals surface area contributed by atoms with Crippen LogP contribution in [0.3, 0.4) is 0 Å². The van der Waals surface area contributed by atoms with E-state index in [4.69, 9.17) is 11.5 Å². The molecular weight excluding hydrogens is 316 g/mol. The van der Waals surface area contributed by atoms with Gasteiger partial charge in [0.15, 0.2) is 17.3 Å². The van der Waals surface area contributed by atoms with Crippen molar-refractivity contribution in [3.63, 3.8) is 0 Å². The Morgan fingerprint density at radius 3 is 2.57 bits per heavy atom. The highest BCUT2D eigenvalue weighted by atomic mass is 32.1. The predicted molar refractivity (Wildman–Crippen MR) is 87.4 cm³/mol. The molecule has 23 heavy (non-hydrogen) atoms. The number of anilines is 2. The van der Waals surface area contributed by atoms with Crippen LogP contribution in [0, 0.1) is 0 Å². The van der Waals surface area contributed by atoms with E-state index in [-0.39, 0.29) is 29.0 Å². The second-order valence-electron chi connectivity index (χ2n) is 4.53. The molecule has 0 bridgehead atoms. The molecule has 0 saturated heterocycles. The second-order valence-corrected chi connectivity index (χ2v) is 5.48. The van der Waals surface area contributed by atoms with E-state index in [9.17, 15) is 9.90 Å². The summed E-state index contributed by atoms with van der Waals surface area (Å²) in [6.07, 6.45) is 0. The number of azo groups is 1. The van der Waals surface area contributed by atoms with Gasteiger partial charge in [0.25, 0.3) is 5.91 Å². The van der Waals surface area contributed by atoms with Crippen LogP contribution >= 0.6 is 11.3 Å². The lowest BCUT2D eigenvalue weighted by atomic mass is 10.3. The van der Waals surface area contributed by atoms with Gasteiger partial charge in [-0.05, 0) is 35.7 Å². The van der Waals surface area contributed by atoms with E-state index in [1.165, 1.54) is 23.5 Å². The molecule has 0 amide bonds. The van der Waals surface area contributed by atoms with Crippen LogP contribution in [0.5, 0.6) is 5.75 Å². The maximum absolute atomic E-state index is 12.3. The molecule has 1 aromatic carbocycles. The summed E-state index contributed by atoms with van der Waals surface area (Å²) in [7, 11) is 0. The third-order valence-electron chi connectivity index (χ3n) is 2.96. The van der Waals surface area contributed by atoms with Gasteiger partial charge >= 0.3 is 0 Å². The summed E-state index contributed by atoms with van der Waals surface area (Å²) in [5.41, 5.74) is 12.3. The molecule has 0 aliphatic rings. The third-order valence-corrected chi connectivity index (χ3v) is 3.82. The smallest absolute Gasteiger partial charge is 0.290 e. The molecule has 0 radical (unpaired) electrons. The second kappa shape index (κ2) is 5.89. The minimum Gasteiger partial charge on any atom is -0.508 e. The number of phenolic OH excluding ortho intramolecular Hbond substituents is 1. The number of carbonyl (C=O) groups is 1. The van der Waals surface area contributed by atoms with Crippen LogP contribution in [-0.2, 0) is 0 Å². The molecule has 3 rings (SSSR count). The lowest BCUT2D eigenvalue weighted by Crippen LogP contribution is -2.14. The van der Waals surface area contributed by atoms with Crippen molar-refractivity contribution < 1.29 is 9.90 Å². The number of nitrogens with zero attached hydrogens (tertiary/aromatic N) is 4. The number of hydrogen-bond acceptors (Lipinski definition) is 8. The Kier molecular flexibility index (Phi) is 3.77. The van der Waals surface area contributed by atoms with Crippen molar-refractivity contribution in [1.29, 1.82) is 0 Å². The highest BCUT2D eigenvalue weighted by molar-refractivity contribution is 7.12. The lowest BCUT2D eigenvalue weighted by molar-refractivity contribution is 0.0952. The molecule has 0 aliphatic heterocycles. The Labute approximate surface area is 134 Å². The van der Waals surface area contributed by atoms with E-state index in [1.807, 2.05) is 0 Å². The Hall–Kier alpha value is -3.20. The van der Waals surface area contributed by atoms with Crippen LogP contribution in [0.1, 0.15) is 9.67 Å². The van der Waals surface area contributed by atoms with Gasteiger partial charge in [-0.1, -0.05) is 6.07 Å². The van der Waals surface area contributed by atoms with Gasteiger partial charge in [-0.15, -0.1) is 21.5 Å². The molecule has 0 saturated carbocycles. The van der Waals surface area contributed by atoms with E-state index < -0.39 is 0 Å². The Morgan fingerprint density at radius 2 is 1.91 bits per heavy atom. The topological polar surface area (TPSA) is 132 Å². The Morgan fingerprint density at radius 1 is 1.17 bits per heavy atom. The predicted octanol–water partition coefficient (Wildman–Crippen LogP) is 2.92. The fourth-order valence-corrected chi connectivity index (χ4v) is 2.48. The van der Waals surface area contributed by atoms with Crippen molar-refractivity contribution in [2.45, 2.75) is 0 Å². The molecular formula is C14H12N6O2S. The van der Waals surface area contributed by atoms with Crippen LogP contribution in [0.2, 0.25) is 0 Å². The third kappa shape index (κ3) is 2.90. The number of aromatic nitrogens is 2. The number of nitrogen functional groups attached to an aromatic ring is 2. The molecule has 116 valence electrons. The first-order valence-corrected chi connectivity index (χ1v) is 7.37. The summed E-state index contributed by atoms with van der Waals surface area (Å²) >= 11 is 1.28. The lowest BCUT2D eigenvalue weighted by Gasteiger charge is -1.99. The number of nitrogens with two attached hydrogens (primary N) is 2. The average molecular weight is 328 g/mol. The molecule has 0 fully saturated rings. The SMILES string of the molecule is Nc1nn(C(=O)c2cccs2)c(N)c1N=Nc1ccc(O)cc1. The fourth-order valence-electron chi connectivity index (χ4n) is 1.83. The van der Waals surface area contributed by atoms with Gasteiger partial charge in [0.1, 0.15) is 5.75 Å². The van der Waals surface area contributed by atoms with Gasteiger partial charge in [0, 0.05) is 0 Å². The monoisotopic (exact) mass is 328 g/mol. The standard InChI is InChI=1S/C14H12N6O2S/c15-12-11(18-17-8-3-5-9(21)6-4-8)13(16)20(19-12)14(22)10-2-1-7-23-10/h1-7,21H,16H2,(H2,15,19). The average Bonchev–Trinajstić information content (AvgIpc) is 3.16. The van der Waals surface area contributed by atoms with Crippen molar-refractivity contribution >= 4 is 40.3 Å². The minimum absolute atomic E-state index is 0.00920. The molecule has 0 aliphatic carbocycles. The van der Waals surface area contributed by atoms with Crippen LogP contribution in [0.25, 0.3) is 0 Å². The van der Waals surface area contributed by atoms with Crippen LogP contribution < -0.4 is 11.5 Å². The highest BCUT2D eigenvalue weighted by Crippen LogP contribution is 2.31. The first kappa shape index (κ1) is 14.7. The van der Waals surface area contributed by atoms with Crippen molar-refractivity contribution in [1.82, 2.24) is 9.78 Å². The molecule has 2 heterocycles. The van der Waals surface area contributed by atoms with E-state index in [0.717, 1.165) is 4.68 Å². The van der Waals surface area contributed by atoms with Gasteiger partial charge in [-0.3, -0.25) is 4.79 Å². The van der Waals surface area contributed by atoms with Crippen molar-refractivity contribution in [2.24, 2.45) is 10.2 Å². The molecule has 9 heteroatoms. The number of phenols is 1. The summed E-state index contributed by atoms with van der Waals surface area (Å²) in [6, 6.07) is 9.53. The van der Waals surface area contributed by atoms with Gasteiger partial charge < -0.3 is 16.6 Å². The Bertz CT molecular complexity index is 868. The quantitative estimate of drug-likeness (QED) is 0.636. The maximum Gasteiger partial charge on any atom is 0.290 e. The Balaban J connectivity index is 1.92.